The molecule has 0 radical (unpaired) electrons. The molecule has 0 heterocycles. The van der Waals surface area contributed by atoms with Crippen molar-refractivity contribution in [2.45, 2.75) is 37.5 Å². The van der Waals surface area contributed by atoms with Gasteiger partial charge in [0, 0.05) is 17.1 Å². The lowest BCUT2D eigenvalue weighted by Gasteiger charge is -2.18. The SMILES string of the molecule is CCSc1cccc(NCC2(C3CC3)CC2)c1C(=O)O. The molecular formula is C16H21NO2S. The zero-order valence-corrected chi connectivity index (χ0v) is 12.6. The van der Waals surface area contributed by atoms with Gasteiger partial charge >= 0.3 is 5.97 Å². The number of carboxylic acid groups (broad SMARTS) is 1. The Morgan fingerprint density at radius 3 is 2.75 bits per heavy atom. The van der Waals surface area contributed by atoms with Crippen LogP contribution in [0.3, 0.4) is 0 Å². The summed E-state index contributed by atoms with van der Waals surface area (Å²) in [6.07, 6.45) is 5.32. The largest absolute Gasteiger partial charge is 0.478 e. The van der Waals surface area contributed by atoms with E-state index in [1.54, 1.807) is 11.8 Å². The molecule has 0 bridgehead atoms. The van der Waals surface area contributed by atoms with E-state index in [0.29, 0.717) is 11.0 Å². The number of rotatable bonds is 7. The normalized spacial score (nSPS) is 19.6. The first-order valence-electron chi connectivity index (χ1n) is 7.39. The maximum Gasteiger partial charge on any atom is 0.338 e. The van der Waals surface area contributed by atoms with Crippen LogP contribution in [-0.2, 0) is 0 Å². The molecule has 2 aliphatic carbocycles. The molecule has 3 nitrogen and oxygen atoms in total. The second-order valence-electron chi connectivity index (χ2n) is 5.91. The molecular weight excluding hydrogens is 270 g/mol. The number of carboxylic acids is 1. The molecule has 3 rings (SSSR count). The first-order valence-corrected chi connectivity index (χ1v) is 8.38. The van der Waals surface area contributed by atoms with Gasteiger partial charge in [0.15, 0.2) is 0 Å². The van der Waals surface area contributed by atoms with Gasteiger partial charge in [0.05, 0.1) is 5.56 Å². The Hall–Kier alpha value is -1.16. The molecule has 0 aromatic heterocycles. The molecule has 0 saturated heterocycles. The van der Waals surface area contributed by atoms with E-state index < -0.39 is 5.97 Å². The maximum atomic E-state index is 11.6. The van der Waals surface area contributed by atoms with Crippen molar-refractivity contribution in [2.24, 2.45) is 11.3 Å². The maximum absolute atomic E-state index is 11.6. The monoisotopic (exact) mass is 291 g/mol. The summed E-state index contributed by atoms with van der Waals surface area (Å²) < 4.78 is 0. The molecule has 2 fully saturated rings. The van der Waals surface area contributed by atoms with Crippen molar-refractivity contribution >= 4 is 23.4 Å². The Morgan fingerprint density at radius 2 is 2.20 bits per heavy atom. The average molecular weight is 291 g/mol. The van der Waals surface area contributed by atoms with E-state index in [4.69, 9.17) is 0 Å². The van der Waals surface area contributed by atoms with Crippen molar-refractivity contribution in [1.29, 1.82) is 0 Å². The molecule has 0 atom stereocenters. The lowest BCUT2D eigenvalue weighted by molar-refractivity contribution is 0.0694. The zero-order chi connectivity index (χ0) is 14.2. The van der Waals surface area contributed by atoms with Gasteiger partial charge in [0.2, 0.25) is 0 Å². The van der Waals surface area contributed by atoms with Gasteiger partial charge in [-0.2, -0.15) is 0 Å². The average Bonchev–Trinajstić information content (AvgIpc) is 3.27. The van der Waals surface area contributed by atoms with Crippen molar-refractivity contribution in [3.8, 4) is 0 Å². The summed E-state index contributed by atoms with van der Waals surface area (Å²) in [6, 6.07) is 5.74. The molecule has 1 aromatic carbocycles. The van der Waals surface area contributed by atoms with Gasteiger partial charge in [-0.15, -0.1) is 11.8 Å². The summed E-state index contributed by atoms with van der Waals surface area (Å²) in [5, 5.41) is 12.9. The van der Waals surface area contributed by atoms with Crippen LogP contribution in [0.2, 0.25) is 0 Å². The van der Waals surface area contributed by atoms with Crippen LogP contribution in [0, 0.1) is 11.3 Å². The number of hydrogen-bond donors (Lipinski definition) is 2. The lowest BCUT2D eigenvalue weighted by atomic mass is 10.0. The number of benzene rings is 1. The Labute approximate surface area is 124 Å². The van der Waals surface area contributed by atoms with Crippen LogP contribution in [0.1, 0.15) is 43.0 Å². The van der Waals surface area contributed by atoms with Crippen LogP contribution in [0.25, 0.3) is 0 Å². The third-order valence-corrected chi connectivity index (χ3v) is 5.45. The van der Waals surface area contributed by atoms with Gasteiger partial charge in [0.25, 0.3) is 0 Å². The summed E-state index contributed by atoms with van der Waals surface area (Å²) in [5.74, 6) is 0.937. The predicted octanol–water partition coefficient (Wildman–Crippen LogP) is 4.10. The second-order valence-corrected chi connectivity index (χ2v) is 7.21. The first kappa shape index (κ1) is 13.8. The molecule has 4 heteroatoms. The van der Waals surface area contributed by atoms with Crippen LogP contribution in [0.4, 0.5) is 5.69 Å². The minimum atomic E-state index is -0.833. The van der Waals surface area contributed by atoms with E-state index in [9.17, 15) is 9.90 Å². The number of thioether (sulfide) groups is 1. The third-order valence-electron chi connectivity index (χ3n) is 4.51. The zero-order valence-electron chi connectivity index (χ0n) is 11.8. The molecule has 2 aliphatic rings. The van der Waals surface area contributed by atoms with Gasteiger partial charge in [0.1, 0.15) is 0 Å². The second kappa shape index (κ2) is 5.32. The number of anilines is 1. The third kappa shape index (κ3) is 2.66. The van der Waals surface area contributed by atoms with Gasteiger partial charge in [-0.1, -0.05) is 13.0 Å². The lowest BCUT2D eigenvalue weighted by Crippen LogP contribution is -2.19. The fourth-order valence-electron chi connectivity index (χ4n) is 3.03. The first-order chi connectivity index (χ1) is 9.66. The number of carbonyl (C=O) groups is 1. The summed E-state index contributed by atoms with van der Waals surface area (Å²) in [4.78, 5) is 12.4. The van der Waals surface area contributed by atoms with Gasteiger partial charge < -0.3 is 10.4 Å². The number of nitrogens with one attached hydrogen (secondary N) is 1. The minimum Gasteiger partial charge on any atom is -0.478 e. The van der Waals surface area contributed by atoms with Gasteiger partial charge in [-0.05, 0) is 54.9 Å². The highest BCUT2D eigenvalue weighted by molar-refractivity contribution is 7.99. The van der Waals surface area contributed by atoms with Gasteiger partial charge in [-0.3, -0.25) is 0 Å². The van der Waals surface area contributed by atoms with E-state index in [1.165, 1.54) is 25.7 Å². The van der Waals surface area contributed by atoms with E-state index in [2.05, 4.69) is 5.32 Å². The molecule has 2 N–H and O–H groups in total. The smallest absolute Gasteiger partial charge is 0.338 e. The molecule has 108 valence electrons. The van der Waals surface area contributed by atoms with E-state index >= 15 is 0 Å². The van der Waals surface area contributed by atoms with Crippen molar-refractivity contribution in [1.82, 2.24) is 0 Å². The molecule has 0 spiro atoms. The number of aromatic carboxylic acids is 1. The minimum absolute atomic E-state index is 0.436. The van der Waals surface area contributed by atoms with Crippen molar-refractivity contribution in [3.63, 3.8) is 0 Å². The summed E-state index contributed by atoms with van der Waals surface area (Å²) in [6.45, 7) is 2.97. The predicted molar refractivity (Wildman–Crippen MR) is 82.7 cm³/mol. The van der Waals surface area contributed by atoms with Crippen molar-refractivity contribution in [3.05, 3.63) is 23.8 Å². The van der Waals surface area contributed by atoms with E-state index in [-0.39, 0.29) is 0 Å². The molecule has 0 aliphatic heterocycles. The molecule has 2 saturated carbocycles. The highest BCUT2D eigenvalue weighted by Gasteiger charge is 2.53. The van der Waals surface area contributed by atoms with Crippen LogP contribution < -0.4 is 5.32 Å². The highest BCUT2D eigenvalue weighted by Crippen LogP contribution is 2.61. The van der Waals surface area contributed by atoms with E-state index in [0.717, 1.165) is 28.8 Å². The van der Waals surface area contributed by atoms with Crippen LogP contribution >= 0.6 is 11.8 Å². The Kier molecular flexibility index (Phi) is 3.67. The highest BCUT2D eigenvalue weighted by atomic mass is 32.2. The molecule has 20 heavy (non-hydrogen) atoms. The quantitative estimate of drug-likeness (QED) is 0.743. The summed E-state index contributed by atoms with van der Waals surface area (Å²) >= 11 is 1.59. The van der Waals surface area contributed by atoms with E-state index in [1.807, 2.05) is 25.1 Å². The van der Waals surface area contributed by atoms with Crippen LogP contribution in [-0.4, -0.2) is 23.4 Å². The number of hydrogen-bond acceptors (Lipinski definition) is 3. The summed E-state index contributed by atoms with van der Waals surface area (Å²) in [5.41, 5.74) is 1.69. The Bertz CT molecular complexity index is 521. The van der Waals surface area contributed by atoms with Crippen molar-refractivity contribution < 1.29 is 9.90 Å². The van der Waals surface area contributed by atoms with Crippen molar-refractivity contribution in [2.75, 3.05) is 17.6 Å². The van der Waals surface area contributed by atoms with Crippen LogP contribution in [0.5, 0.6) is 0 Å². The topological polar surface area (TPSA) is 49.3 Å². The van der Waals surface area contributed by atoms with Crippen LogP contribution in [0.15, 0.2) is 23.1 Å². The fraction of sp³-hybridized carbons (Fsp3) is 0.562. The summed E-state index contributed by atoms with van der Waals surface area (Å²) in [7, 11) is 0. The van der Waals surface area contributed by atoms with Gasteiger partial charge in [-0.25, -0.2) is 4.79 Å². The standard InChI is InChI=1S/C16H21NO2S/c1-2-20-13-5-3-4-12(14(13)15(18)19)17-10-16(8-9-16)11-6-7-11/h3-5,11,17H,2,6-10H2,1H3,(H,18,19). The molecule has 0 unspecified atom stereocenters. The molecule has 0 amide bonds. The Morgan fingerprint density at radius 1 is 1.45 bits per heavy atom. The Balaban J connectivity index is 1.77. The molecule has 1 aromatic rings. The fourth-order valence-corrected chi connectivity index (χ4v) is 3.86.